The fraction of sp³-hybridized carbons (Fsp3) is 1.00. The lowest BCUT2D eigenvalue weighted by Crippen LogP contribution is -2.30. The molecule has 0 aromatic heterocycles. The maximum absolute atomic E-state index is 10.4. The molecule has 2 unspecified atom stereocenters. The van der Waals surface area contributed by atoms with Crippen molar-refractivity contribution in [2.45, 2.75) is 63.9 Å². The Balaban J connectivity index is 1.92. The number of hydrogen-bond donors (Lipinski definition) is 1. The zero-order valence-corrected chi connectivity index (χ0v) is 8.76. The summed E-state index contributed by atoms with van der Waals surface area (Å²) in [5.74, 6) is 1.57. The zero-order valence-electron chi connectivity index (χ0n) is 8.76. The molecule has 2 aliphatic carbocycles. The van der Waals surface area contributed by atoms with Gasteiger partial charge in [0, 0.05) is 0 Å². The van der Waals surface area contributed by atoms with Gasteiger partial charge < -0.3 is 5.11 Å². The highest BCUT2D eigenvalue weighted by Gasteiger charge is 2.43. The van der Waals surface area contributed by atoms with Crippen LogP contribution in [0.5, 0.6) is 0 Å². The highest BCUT2D eigenvalue weighted by molar-refractivity contribution is 4.96. The van der Waals surface area contributed by atoms with Gasteiger partial charge in [0.05, 0.1) is 5.60 Å². The molecular weight excluding hydrogens is 160 g/mol. The van der Waals surface area contributed by atoms with Gasteiger partial charge in [-0.25, -0.2) is 0 Å². The molecule has 0 spiro atoms. The van der Waals surface area contributed by atoms with E-state index in [1.165, 1.54) is 38.5 Å². The number of hydrogen-bond acceptors (Lipinski definition) is 1. The van der Waals surface area contributed by atoms with Gasteiger partial charge in [-0.15, -0.1) is 0 Å². The van der Waals surface area contributed by atoms with Crippen molar-refractivity contribution in [1.82, 2.24) is 0 Å². The summed E-state index contributed by atoms with van der Waals surface area (Å²) in [5.41, 5.74) is -0.246. The Morgan fingerprint density at radius 3 is 2.54 bits per heavy atom. The SMILES string of the molecule is CCC1CCCC(O)(C2CC2)CC1. The minimum atomic E-state index is -0.246. The normalized spacial score (nSPS) is 41.5. The molecule has 0 saturated heterocycles. The van der Waals surface area contributed by atoms with E-state index >= 15 is 0 Å². The van der Waals surface area contributed by atoms with E-state index < -0.39 is 0 Å². The van der Waals surface area contributed by atoms with Crippen LogP contribution in [-0.2, 0) is 0 Å². The Morgan fingerprint density at radius 1 is 1.15 bits per heavy atom. The fourth-order valence-corrected chi connectivity index (χ4v) is 2.86. The predicted molar refractivity (Wildman–Crippen MR) is 54.5 cm³/mol. The molecule has 1 N–H and O–H groups in total. The van der Waals surface area contributed by atoms with E-state index in [0.717, 1.165) is 18.8 Å². The van der Waals surface area contributed by atoms with Crippen LogP contribution in [0.25, 0.3) is 0 Å². The van der Waals surface area contributed by atoms with Gasteiger partial charge in [-0.2, -0.15) is 0 Å². The third-order valence-corrected chi connectivity index (χ3v) is 4.12. The van der Waals surface area contributed by atoms with Gasteiger partial charge in [-0.3, -0.25) is 0 Å². The lowest BCUT2D eigenvalue weighted by molar-refractivity contribution is 0.00180. The van der Waals surface area contributed by atoms with E-state index in [2.05, 4.69) is 6.92 Å². The average Bonchev–Trinajstić information content (AvgIpc) is 2.90. The van der Waals surface area contributed by atoms with Gasteiger partial charge >= 0.3 is 0 Å². The van der Waals surface area contributed by atoms with E-state index in [-0.39, 0.29) is 5.60 Å². The summed E-state index contributed by atoms with van der Waals surface area (Å²) in [4.78, 5) is 0. The maximum Gasteiger partial charge on any atom is 0.0675 e. The van der Waals surface area contributed by atoms with Gasteiger partial charge in [-0.1, -0.05) is 26.2 Å². The van der Waals surface area contributed by atoms with Crippen molar-refractivity contribution in [3.05, 3.63) is 0 Å². The molecule has 0 bridgehead atoms. The molecule has 2 rings (SSSR count). The summed E-state index contributed by atoms with van der Waals surface area (Å²) >= 11 is 0. The fourth-order valence-electron chi connectivity index (χ4n) is 2.86. The standard InChI is InChI=1S/C12H22O/c1-2-10-4-3-8-12(13,9-7-10)11-5-6-11/h10-11,13H,2-9H2,1H3. The molecule has 2 atom stereocenters. The van der Waals surface area contributed by atoms with Crippen LogP contribution in [0, 0.1) is 11.8 Å². The largest absolute Gasteiger partial charge is 0.390 e. The molecule has 0 aliphatic heterocycles. The highest BCUT2D eigenvalue weighted by atomic mass is 16.3. The molecule has 0 aromatic rings. The second-order valence-electron chi connectivity index (χ2n) is 5.08. The molecule has 0 radical (unpaired) electrons. The second-order valence-corrected chi connectivity index (χ2v) is 5.08. The van der Waals surface area contributed by atoms with Crippen LogP contribution in [0.15, 0.2) is 0 Å². The second kappa shape index (κ2) is 3.61. The molecule has 0 aromatic carbocycles. The molecule has 0 heterocycles. The monoisotopic (exact) mass is 182 g/mol. The van der Waals surface area contributed by atoms with Crippen molar-refractivity contribution in [2.75, 3.05) is 0 Å². The molecule has 2 fully saturated rings. The van der Waals surface area contributed by atoms with Crippen molar-refractivity contribution in [1.29, 1.82) is 0 Å². The van der Waals surface area contributed by atoms with Gasteiger partial charge in [0.2, 0.25) is 0 Å². The van der Waals surface area contributed by atoms with Crippen molar-refractivity contribution in [3.63, 3.8) is 0 Å². The van der Waals surface area contributed by atoms with Crippen LogP contribution < -0.4 is 0 Å². The van der Waals surface area contributed by atoms with E-state index in [1.807, 2.05) is 0 Å². The lowest BCUT2D eigenvalue weighted by Gasteiger charge is -2.26. The van der Waals surface area contributed by atoms with Gasteiger partial charge in [0.25, 0.3) is 0 Å². The Morgan fingerprint density at radius 2 is 1.92 bits per heavy atom. The minimum absolute atomic E-state index is 0.246. The smallest absolute Gasteiger partial charge is 0.0675 e. The van der Waals surface area contributed by atoms with Crippen molar-refractivity contribution in [2.24, 2.45) is 11.8 Å². The average molecular weight is 182 g/mol. The third-order valence-electron chi connectivity index (χ3n) is 4.12. The van der Waals surface area contributed by atoms with Crippen LogP contribution in [-0.4, -0.2) is 10.7 Å². The molecule has 2 saturated carbocycles. The van der Waals surface area contributed by atoms with E-state index in [1.54, 1.807) is 0 Å². The third kappa shape index (κ3) is 2.07. The predicted octanol–water partition coefficient (Wildman–Crippen LogP) is 3.12. The summed E-state index contributed by atoms with van der Waals surface area (Å²) < 4.78 is 0. The van der Waals surface area contributed by atoms with Crippen molar-refractivity contribution < 1.29 is 5.11 Å². The highest BCUT2D eigenvalue weighted by Crippen LogP contribution is 2.47. The summed E-state index contributed by atoms with van der Waals surface area (Å²) in [7, 11) is 0. The summed E-state index contributed by atoms with van der Waals surface area (Å²) in [6.07, 6.45) is 9.91. The Labute approximate surface area is 81.5 Å². The first-order valence-corrected chi connectivity index (χ1v) is 5.97. The van der Waals surface area contributed by atoms with Crippen molar-refractivity contribution in [3.8, 4) is 0 Å². The molecule has 13 heavy (non-hydrogen) atoms. The lowest BCUT2D eigenvalue weighted by atomic mass is 9.88. The minimum Gasteiger partial charge on any atom is -0.390 e. The number of rotatable bonds is 2. The Bertz CT molecular complexity index is 174. The van der Waals surface area contributed by atoms with Crippen LogP contribution in [0.4, 0.5) is 0 Å². The molecule has 2 aliphatic rings. The van der Waals surface area contributed by atoms with Gasteiger partial charge in [-0.05, 0) is 43.9 Å². The maximum atomic E-state index is 10.4. The van der Waals surface area contributed by atoms with Crippen molar-refractivity contribution >= 4 is 0 Å². The van der Waals surface area contributed by atoms with Gasteiger partial charge in [0.15, 0.2) is 0 Å². The molecule has 1 nitrogen and oxygen atoms in total. The van der Waals surface area contributed by atoms with Crippen LogP contribution in [0.3, 0.4) is 0 Å². The van der Waals surface area contributed by atoms with Crippen LogP contribution >= 0.6 is 0 Å². The molecule has 1 heteroatoms. The summed E-state index contributed by atoms with van der Waals surface area (Å²) in [5, 5.41) is 10.4. The first kappa shape index (κ1) is 9.51. The molecular formula is C12H22O. The first-order chi connectivity index (χ1) is 6.24. The van der Waals surface area contributed by atoms with E-state index in [4.69, 9.17) is 0 Å². The Kier molecular flexibility index (Phi) is 2.64. The Hall–Kier alpha value is -0.0400. The zero-order chi connectivity index (χ0) is 9.31. The van der Waals surface area contributed by atoms with Crippen LogP contribution in [0.2, 0.25) is 0 Å². The van der Waals surface area contributed by atoms with E-state index in [9.17, 15) is 5.11 Å². The van der Waals surface area contributed by atoms with E-state index in [0.29, 0.717) is 5.92 Å². The van der Waals surface area contributed by atoms with Gasteiger partial charge in [0.1, 0.15) is 0 Å². The quantitative estimate of drug-likeness (QED) is 0.651. The first-order valence-electron chi connectivity index (χ1n) is 5.97. The molecule has 0 amide bonds. The topological polar surface area (TPSA) is 20.2 Å². The van der Waals surface area contributed by atoms with Crippen LogP contribution in [0.1, 0.15) is 58.3 Å². The molecule has 76 valence electrons. The number of aliphatic hydroxyl groups is 1. The summed E-state index contributed by atoms with van der Waals surface area (Å²) in [6.45, 7) is 2.28. The summed E-state index contributed by atoms with van der Waals surface area (Å²) in [6, 6.07) is 0.